The zero-order valence-electron chi connectivity index (χ0n) is 13.7. The van der Waals surface area contributed by atoms with Crippen LogP contribution in [0, 0.1) is 5.92 Å². The number of aliphatic carboxylic acids is 1. The van der Waals surface area contributed by atoms with Crippen LogP contribution in [0.4, 0.5) is 0 Å². The Kier molecular flexibility index (Phi) is 4.95. The SMILES string of the molecule is N[C@@H](CCC(=O)O)C(=O)N1C[C@H](Cc2cn3ccnc3cn2)[C@H](O)C1. The fourth-order valence-corrected chi connectivity index (χ4v) is 3.11. The van der Waals surface area contributed by atoms with E-state index in [1.165, 1.54) is 4.90 Å². The number of carbonyl (C=O) groups excluding carboxylic acids is 1. The number of aromatic nitrogens is 3. The number of nitrogens with zero attached hydrogens (tertiary/aromatic N) is 4. The van der Waals surface area contributed by atoms with Gasteiger partial charge in [-0.3, -0.25) is 14.6 Å². The Morgan fingerprint density at radius 2 is 2.16 bits per heavy atom. The number of hydrogen-bond acceptors (Lipinski definition) is 6. The number of imidazole rings is 1. The molecule has 4 N–H and O–H groups in total. The second-order valence-electron chi connectivity index (χ2n) is 6.39. The van der Waals surface area contributed by atoms with Crippen molar-refractivity contribution in [2.75, 3.05) is 13.1 Å². The standard InChI is InChI=1S/C16H21N5O4/c17-12(1-2-15(23)24)16(25)21-7-10(13(22)9-21)5-11-8-20-4-3-18-14(20)6-19-11/h3-4,6,8,10,12-13,22H,1-2,5,7,9,17H2,(H,23,24)/t10-,12-,13+/m0/s1. The van der Waals surface area contributed by atoms with Crippen LogP contribution in [-0.2, 0) is 16.0 Å². The number of rotatable bonds is 6. The number of hydrogen-bond donors (Lipinski definition) is 3. The number of nitrogens with two attached hydrogens (primary N) is 1. The van der Waals surface area contributed by atoms with E-state index in [0.717, 1.165) is 11.3 Å². The lowest BCUT2D eigenvalue weighted by atomic mass is 10.0. The van der Waals surface area contributed by atoms with E-state index in [0.29, 0.717) is 13.0 Å². The van der Waals surface area contributed by atoms with Gasteiger partial charge in [0.2, 0.25) is 5.91 Å². The highest BCUT2D eigenvalue weighted by molar-refractivity contribution is 5.82. The molecule has 134 valence electrons. The molecule has 2 aromatic rings. The molecular weight excluding hydrogens is 326 g/mol. The Balaban J connectivity index is 1.60. The Morgan fingerprint density at radius 1 is 1.36 bits per heavy atom. The first-order chi connectivity index (χ1) is 11.9. The minimum Gasteiger partial charge on any atom is -0.481 e. The molecule has 9 heteroatoms. The Labute approximate surface area is 144 Å². The van der Waals surface area contributed by atoms with Crippen LogP contribution >= 0.6 is 0 Å². The minimum atomic E-state index is -0.983. The third-order valence-electron chi connectivity index (χ3n) is 4.51. The van der Waals surface area contributed by atoms with E-state index in [1.807, 2.05) is 16.8 Å². The third-order valence-corrected chi connectivity index (χ3v) is 4.51. The average Bonchev–Trinajstić information content (AvgIpc) is 3.18. The number of likely N-dealkylation sites (tertiary alicyclic amines) is 1. The van der Waals surface area contributed by atoms with Gasteiger partial charge in [-0.1, -0.05) is 0 Å². The van der Waals surface area contributed by atoms with E-state index in [-0.39, 0.29) is 31.2 Å². The van der Waals surface area contributed by atoms with Crippen molar-refractivity contribution < 1.29 is 19.8 Å². The maximum atomic E-state index is 12.3. The summed E-state index contributed by atoms with van der Waals surface area (Å²) < 4.78 is 1.86. The van der Waals surface area contributed by atoms with E-state index in [4.69, 9.17) is 10.8 Å². The lowest BCUT2D eigenvalue weighted by molar-refractivity contribution is -0.137. The minimum absolute atomic E-state index is 0.0876. The maximum Gasteiger partial charge on any atom is 0.303 e. The van der Waals surface area contributed by atoms with Crippen molar-refractivity contribution in [1.29, 1.82) is 0 Å². The van der Waals surface area contributed by atoms with Crippen molar-refractivity contribution >= 4 is 17.5 Å². The number of carbonyl (C=O) groups is 2. The summed E-state index contributed by atoms with van der Waals surface area (Å²) in [6.45, 7) is 0.585. The Hall–Kier alpha value is -2.52. The molecule has 0 aliphatic carbocycles. The lowest BCUT2D eigenvalue weighted by Crippen LogP contribution is -2.43. The van der Waals surface area contributed by atoms with Gasteiger partial charge in [0.15, 0.2) is 5.65 Å². The highest BCUT2D eigenvalue weighted by Crippen LogP contribution is 2.22. The molecule has 0 unspecified atom stereocenters. The van der Waals surface area contributed by atoms with Crippen LogP contribution in [0.15, 0.2) is 24.8 Å². The van der Waals surface area contributed by atoms with Gasteiger partial charge < -0.3 is 25.2 Å². The summed E-state index contributed by atoms with van der Waals surface area (Å²) in [5.41, 5.74) is 7.33. The number of carboxylic acid groups (broad SMARTS) is 1. The molecule has 1 fully saturated rings. The lowest BCUT2D eigenvalue weighted by Gasteiger charge is -2.20. The maximum absolute atomic E-state index is 12.3. The van der Waals surface area contributed by atoms with Crippen LogP contribution in [-0.4, -0.2) is 66.6 Å². The van der Waals surface area contributed by atoms with Gasteiger partial charge in [0.05, 0.1) is 24.0 Å². The first-order valence-electron chi connectivity index (χ1n) is 8.16. The van der Waals surface area contributed by atoms with Gasteiger partial charge in [0, 0.05) is 44.0 Å². The van der Waals surface area contributed by atoms with E-state index >= 15 is 0 Å². The normalized spacial score (nSPS) is 21.6. The molecule has 3 atom stereocenters. The summed E-state index contributed by atoms with van der Waals surface area (Å²) >= 11 is 0. The fourth-order valence-electron chi connectivity index (χ4n) is 3.11. The molecule has 0 aromatic carbocycles. The average molecular weight is 347 g/mol. The van der Waals surface area contributed by atoms with Crippen LogP contribution < -0.4 is 5.73 Å². The Bertz CT molecular complexity index is 777. The summed E-state index contributed by atoms with van der Waals surface area (Å²) in [4.78, 5) is 32.9. The third kappa shape index (κ3) is 3.94. The molecule has 1 aliphatic rings. The molecule has 25 heavy (non-hydrogen) atoms. The summed E-state index contributed by atoms with van der Waals surface area (Å²) in [6.07, 6.45) is 6.85. The van der Waals surface area contributed by atoms with E-state index in [1.54, 1.807) is 12.4 Å². The monoisotopic (exact) mass is 347 g/mol. The van der Waals surface area contributed by atoms with Gasteiger partial charge in [-0.2, -0.15) is 0 Å². The zero-order valence-corrected chi connectivity index (χ0v) is 13.7. The molecule has 9 nitrogen and oxygen atoms in total. The summed E-state index contributed by atoms with van der Waals surface area (Å²) in [6, 6.07) is -0.859. The second-order valence-corrected chi connectivity index (χ2v) is 6.39. The Morgan fingerprint density at radius 3 is 2.92 bits per heavy atom. The molecule has 2 aromatic heterocycles. The highest BCUT2D eigenvalue weighted by atomic mass is 16.4. The van der Waals surface area contributed by atoms with Crippen molar-refractivity contribution in [2.24, 2.45) is 11.7 Å². The van der Waals surface area contributed by atoms with Gasteiger partial charge >= 0.3 is 5.97 Å². The van der Waals surface area contributed by atoms with Gasteiger partial charge in [-0.15, -0.1) is 0 Å². The summed E-state index contributed by atoms with van der Waals surface area (Å²) in [7, 11) is 0. The van der Waals surface area contributed by atoms with E-state index in [9.17, 15) is 14.7 Å². The number of fused-ring (bicyclic) bond motifs is 1. The highest BCUT2D eigenvalue weighted by Gasteiger charge is 2.36. The van der Waals surface area contributed by atoms with Crippen molar-refractivity contribution in [2.45, 2.75) is 31.4 Å². The molecule has 1 amide bonds. The summed E-state index contributed by atoms with van der Waals surface area (Å²) in [5, 5.41) is 19.0. The van der Waals surface area contributed by atoms with E-state index < -0.39 is 18.1 Å². The van der Waals surface area contributed by atoms with Gasteiger partial charge in [-0.05, 0) is 12.8 Å². The topological polar surface area (TPSA) is 134 Å². The van der Waals surface area contributed by atoms with Crippen LogP contribution in [0.1, 0.15) is 18.5 Å². The van der Waals surface area contributed by atoms with Crippen LogP contribution in [0.25, 0.3) is 5.65 Å². The van der Waals surface area contributed by atoms with Crippen LogP contribution in [0.3, 0.4) is 0 Å². The van der Waals surface area contributed by atoms with Crippen molar-refractivity contribution in [3.8, 4) is 0 Å². The first kappa shape index (κ1) is 17.3. The molecule has 1 saturated heterocycles. The molecule has 0 radical (unpaired) electrons. The van der Waals surface area contributed by atoms with Crippen molar-refractivity contribution in [3.63, 3.8) is 0 Å². The molecule has 0 saturated carbocycles. The smallest absolute Gasteiger partial charge is 0.303 e. The van der Waals surface area contributed by atoms with Gasteiger partial charge in [-0.25, -0.2) is 4.98 Å². The second kappa shape index (κ2) is 7.16. The predicted octanol–water partition coefficient (Wildman–Crippen LogP) is -0.717. The van der Waals surface area contributed by atoms with Crippen LogP contribution in [0.5, 0.6) is 0 Å². The van der Waals surface area contributed by atoms with Gasteiger partial charge in [0.25, 0.3) is 0 Å². The molecule has 3 rings (SSSR count). The molecule has 0 spiro atoms. The molecule has 3 heterocycles. The molecule has 1 aliphatic heterocycles. The van der Waals surface area contributed by atoms with E-state index in [2.05, 4.69) is 9.97 Å². The predicted molar refractivity (Wildman–Crippen MR) is 87.6 cm³/mol. The van der Waals surface area contributed by atoms with Crippen molar-refractivity contribution in [3.05, 3.63) is 30.5 Å². The number of carboxylic acids is 1. The molecule has 0 bridgehead atoms. The van der Waals surface area contributed by atoms with Gasteiger partial charge in [0.1, 0.15) is 0 Å². The number of aliphatic hydroxyl groups excluding tert-OH is 1. The zero-order chi connectivity index (χ0) is 18.0. The quantitative estimate of drug-likeness (QED) is 0.628. The van der Waals surface area contributed by atoms with Crippen molar-refractivity contribution in [1.82, 2.24) is 19.3 Å². The number of aliphatic hydroxyl groups is 1. The fraction of sp³-hybridized carbons (Fsp3) is 0.500. The molecular formula is C16H21N5O4. The number of amides is 1. The largest absolute Gasteiger partial charge is 0.481 e. The number of β-amino-alcohol motifs (C(OH)–C–C–N with tert-alkyl or cyclic N) is 1. The van der Waals surface area contributed by atoms with Crippen LogP contribution in [0.2, 0.25) is 0 Å². The summed E-state index contributed by atoms with van der Waals surface area (Å²) in [5.74, 6) is -1.44. The first-order valence-corrected chi connectivity index (χ1v) is 8.16.